The predicted molar refractivity (Wildman–Crippen MR) is 82.9 cm³/mol. The van der Waals surface area contributed by atoms with Gasteiger partial charge in [0.15, 0.2) is 0 Å². The van der Waals surface area contributed by atoms with Gasteiger partial charge >= 0.3 is 0 Å². The molecule has 0 aliphatic rings. The molecule has 0 amide bonds. The summed E-state index contributed by atoms with van der Waals surface area (Å²) in [6, 6.07) is 14.6. The fourth-order valence-corrected chi connectivity index (χ4v) is 2.50. The molecular formula is C17H15ClO3. The van der Waals surface area contributed by atoms with Gasteiger partial charge in [0.1, 0.15) is 23.2 Å². The Bertz CT molecular complexity index is 764. The van der Waals surface area contributed by atoms with E-state index in [1.807, 2.05) is 37.3 Å². The molecule has 0 aliphatic heterocycles. The van der Waals surface area contributed by atoms with E-state index < -0.39 is 6.10 Å². The molecule has 3 rings (SSSR count). The van der Waals surface area contributed by atoms with Crippen LogP contribution in [0.2, 0.25) is 5.02 Å². The second-order valence-corrected chi connectivity index (χ2v) is 5.14. The molecule has 0 aliphatic carbocycles. The highest BCUT2D eigenvalue weighted by molar-refractivity contribution is 6.31. The summed E-state index contributed by atoms with van der Waals surface area (Å²) >= 11 is 5.97. The Morgan fingerprint density at radius 1 is 1.19 bits per heavy atom. The molecule has 1 N–H and O–H groups in total. The van der Waals surface area contributed by atoms with Crippen molar-refractivity contribution in [3.63, 3.8) is 0 Å². The first-order chi connectivity index (χ1) is 10.2. The summed E-state index contributed by atoms with van der Waals surface area (Å²) in [6.07, 6.45) is -0.876. The van der Waals surface area contributed by atoms with Gasteiger partial charge in [0.2, 0.25) is 0 Å². The largest absolute Gasteiger partial charge is 0.493 e. The first kappa shape index (κ1) is 14.0. The molecule has 1 atom stereocenters. The highest BCUT2D eigenvalue weighted by atomic mass is 35.5. The van der Waals surface area contributed by atoms with Crippen LogP contribution in [0.25, 0.3) is 11.0 Å². The van der Waals surface area contributed by atoms with Crippen molar-refractivity contribution in [3.05, 3.63) is 64.9 Å². The molecule has 3 nitrogen and oxygen atoms in total. The lowest BCUT2D eigenvalue weighted by molar-refractivity contribution is 0.186. The van der Waals surface area contributed by atoms with E-state index in [1.165, 1.54) is 0 Å². The zero-order valence-electron chi connectivity index (χ0n) is 11.5. The third-order valence-electron chi connectivity index (χ3n) is 3.28. The van der Waals surface area contributed by atoms with E-state index in [0.29, 0.717) is 34.3 Å². The smallest absolute Gasteiger partial charge is 0.140 e. The number of hydrogen-bond donors (Lipinski definition) is 1. The molecule has 0 fully saturated rings. The molecule has 108 valence electrons. The summed E-state index contributed by atoms with van der Waals surface area (Å²) in [5, 5.41) is 12.1. The van der Waals surface area contributed by atoms with Crippen LogP contribution < -0.4 is 4.74 Å². The Morgan fingerprint density at radius 3 is 2.81 bits per heavy atom. The molecule has 4 heteroatoms. The van der Waals surface area contributed by atoms with Crippen molar-refractivity contribution in [3.8, 4) is 5.75 Å². The summed E-state index contributed by atoms with van der Waals surface area (Å²) in [4.78, 5) is 0. The van der Waals surface area contributed by atoms with Gasteiger partial charge in [-0.05, 0) is 37.3 Å². The fraction of sp³-hybridized carbons (Fsp3) is 0.176. The van der Waals surface area contributed by atoms with Gasteiger partial charge in [-0.15, -0.1) is 0 Å². The van der Waals surface area contributed by atoms with Gasteiger partial charge in [0, 0.05) is 16.0 Å². The van der Waals surface area contributed by atoms with Gasteiger partial charge in [0.25, 0.3) is 0 Å². The average molecular weight is 303 g/mol. The van der Waals surface area contributed by atoms with Crippen molar-refractivity contribution in [2.24, 2.45) is 0 Å². The number of para-hydroxylation sites is 1. The number of halogens is 1. The van der Waals surface area contributed by atoms with Crippen LogP contribution in [0.5, 0.6) is 5.75 Å². The van der Waals surface area contributed by atoms with Crippen LogP contribution in [0.4, 0.5) is 0 Å². The molecule has 2 aromatic carbocycles. The number of hydrogen-bond acceptors (Lipinski definition) is 3. The minimum atomic E-state index is -0.876. The zero-order chi connectivity index (χ0) is 14.8. The maximum Gasteiger partial charge on any atom is 0.140 e. The standard InChI is InChI=1S/C17H15ClO3/c1-2-20-15-6-4-3-5-13(15)17(19)16-10-11-9-12(18)7-8-14(11)21-16/h3-10,17,19H,2H2,1H3. The molecule has 0 saturated heterocycles. The molecule has 1 heterocycles. The van der Waals surface area contributed by atoms with Gasteiger partial charge in [-0.1, -0.05) is 29.8 Å². The van der Waals surface area contributed by atoms with Crippen LogP contribution in [-0.2, 0) is 0 Å². The minimum absolute atomic E-state index is 0.472. The summed E-state index contributed by atoms with van der Waals surface area (Å²) < 4.78 is 11.3. The molecule has 1 aromatic heterocycles. The van der Waals surface area contributed by atoms with Gasteiger partial charge in [-0.2, -0.15) is 0 Å². The predicted octanol–water partition coefficient (Wildman–Crippen LogP) is 4.57. The van der Waals surface area contributed by atoms with E-state index in [4.69, 9.17) is 20.8 Å². The lowest BCUT2D eigenvalue weighted by Gasteiger charge is -2.13. The molecule has 21 heavy (non-hydrogen) atoms. The first-order valence-electron chi connectivity index (χ1n) is 6.78. The Balaban J connectivity index is 2.02. The second-order valence-electron chi connectivity index (χ2n) is 4.70. The van der Waals surface area contributed by atoms with Crippen molar-refractivity contribution in [1.29, 1.82) is 0 Å². The maximum atomic E-state index is 10.6. The maximum absolute atomic E-state index is 10.6. The highest BCUT2D eigenvalue weighted by Gasteiger charge is 2.19. The number of aliphatic hydroxyl groups is 1. The third kappa shape index (κ3) is 2.75. The number of rotatable bonds is 4. The summed E-state index contributed by atoms with van der Waals surface area (Å²) in [5.74, 6) is 1.13. The van der Waals surface area contributed by atoms with E-state index in [1.54, 1.807) is 18.2 Å². The zero-order valence-corrected chi connectivity index (χ0v) is 12.3. The van der Waals surface area contributed by atoms with Crippen molar-refractivity contribution in [2.75, 3.05) is 6.61 Å². The normalized spacial score (nSPS) is 12.5. The summed E-state index contributed by atoms with van der Waals surface area (Å²) in [5.41, 5.74) is 1.38. The van der Waals surface area contributed by atoms with Crippen LogP contribution in [-0.4, -0.2) is 11.7 Å². The second kappa shape index (κ2) is 5.80. The van der Waals surface area contributed by atoms with Crippen LogP contribution >= 0.6 is 11.6 Å². The average Bonchev–Trinajstić information content (AvgIpc) is 2.90. The van der Waals surface area contributed by atoms with Gasteiger partial charge in [0.05, 0.1) is 6.61 Å². The third-order valence-corrected chi connectivity index (χ3v) is 3.52. The molecule has 1 unspecified atom stereocenters. The lowest BCUT2D eigenvalue weighted by atomic mass is 10.1. The fourth-order valence-electron chi connectivity index (χ4n) is 2.32. The van der Waals surface area contributed by atoms with E-state index in [-0.39, 0.29) is 0 Å². The van der Waals surface area contributed by atoms with Gasteiger partial charge < -0.3 is 14.3 Å². The summed E-state index contributed by atoms with van der Waals surface area (Å²) in [7, 11) is 0. The van der Waals surface area contributed by atoms with Crippen molar-refractivity contribution < 1.29 is 14.3 Å². The first-order valence-corrected chi connectivity index (χ1v) is 7.15. The SMILES string of the molecule is CCOc1ccccc1C(O)c1cc2cc(Cl)ccc2o1. The van der Waals surface area contributed by atoms with Crippen molar-refractivity contribution in [2.45, 2.75) is 13.0 Å². The summed E-state index contributed by atoms with van der Waals surface area (Å²) in [6.45, 7) is 2.45. The number of benzene rings is 2. The van der Waals surface area contributed by atoms with Crippen molar-refractivity contribution >= 4 is 22.6 Å². The van der Waals surface area contributed by atoms with E-state index in [0.717, 1.165) is 5.39 Å². The van der Waals surface area contributed by atoms with E-state index >= 15 is 0 Å². The Labute approximate surface area is 127 Å². The molecule has 0 saturated carbocycles. The van der Waals surface area contributed by atoms with Crippen LogP contribution in [0.1, 0.15) is 24.4 Å². The van der Waals surface area contributed by atoms with E-state index in [9.17, 15) is 5.11 Å². The topological polar surface area (TPSA) is 42.6 Å². The number of ether oxygens (including phenoxy) is 1. The highest BCUT2D eigenvalue weighted by Crippen LogP contribution is 2.33. The van der Waals surface area contributed by atoms with Crippen LogP contribution in [0, 0.1) is 0 Å². The number of aliphatic hydroxyl groups excluding tert-OH is 1. The number of furan rings is 1. The monoisotopic (exact) mass is 302 g/mol. The Morgan fingerprint density at radius 2 is 2.00 bits per heavy atom. The molecule has 0 spiro atoms. The van der Waals surface area contributed by atoms with E-state index in [2.05, 4.69) is 0 Å². The van der Waals surface area contributed by atoms with Gasteiger partial charge in [-0.25, -0.2) is 0 Å². The molecular weight excluding hydrogens is 288 g/mol. The van der Waals surface area contributed by atoms with Gasteiger partial charge in [-0.3, -0.25) is 0 Å². The number of fused-ring (bicyclic) bond motifs is 1. The quantitative estimate of drug-likeness (QED) is 0.768. The lowest BCUT2D eigenvalue weighted by Crippen LogP contribution is -2.02. The molecule has 0 bridgehead atoms. The van der Waals surface area contributed by atoms with Crippen molar-refractivity contribution in [1.82, 2.24) is 0 Å². The van der Waals surface area contributed by atoms with Crippen LogP contribution in [0.15, 0.2) is 52.9 Å². The van der Waals surface area contributed by atoms with Crippen LogP contribution in [0.3, 0.4) is 0 Å². The Hall–Kier alpha value is -1.97. The molecule has 0 radical (unpaired) electrons. The Kier molecular flexibility index (Phi) is 3.86. The minimum Gasteiger partial charge on any atom is -0.493 e. The molecule has 3 aromatic rings.